The maximum Gasteiger partial charge on any atom is 0.0128 e. The van der Waals surface area contributed by atoms with Crippen LogP contribution >= 0.6 is 0 Å². The Hall–Kier alpha value is -0.0800. The normalized spacial score (nSPS) is 48.7. The summed E-state index contributed by atoms with van der Waals surface area (Å²) in [5.41, 5.74) is 0. The van der Waals surface area contributed by atoms with Crippen molar-refractivity contribution in [3.05, 3.63) is 0 Å². The number of piperidine rings is 4. The van der Waals surface area contributed by atoms with E-state index in [0.717, 1.165) is 24.2 Å². The van der Waals surface area contributed by atoms with E-state index in [1.165, 1.54) is 38.6 Å². The van der Waals surface area contributed by atoms with Gasteiger partial charge in [-0.05, 0) is 38.6 Å². The van der Waals surface area contributed by atoms with Crippen LogP contribution in [0.3, 0.4) is 0 Å². The second kappa shape index (κ2) is 2.96. The summed E-state index contributed by atoms with van der Waals surface area (Å²) >= 11 is 0. The van der Waals surface area contributed by atoms with Gasteiger partial charge in [0, 0.05) is 24.2 Å². The fourth-order valence-corrected chi connectivity index (χ4v) is 3.77. The lowest BCUT2D eigenvalue weighted by molar-refractivity contribution is -0.0301. The third kappa shape index (κ3) is 1.23. The molecule has 2 nitrogen and oxygen atoms in total. The van der Waals surface area contributed by atoms with Crippen molar-refractivity contribution in [1.29, 1.82) is 0 Å². The Balaban J connectivity index is 1.77. The summed E-state index contributed by atoms with van der Waals surface area (Å²) in [5, 5.41) is 3.75. The Labute approximate surface area is 80.7 Å². The smallest absolute Gasteiger partial charge is 0.0128 e. The summed E-state index contributed by atoms with van der Waals surface area (Å²) in [5.74, 6) is 0. The van der Waals surface area contributed by atoms with Crippen molar-refractivity contribution >= 4 is 0 Å². The number of hydrogen-bond acceptors (Lipinski definition) is 2. The van der Waals surface area contributed by atoms with Gasteiger partial charge in [0.2, 0.25) is 0 Å². The molecule has 4 aliphatic rings. The fourth-order valence-electron chi connectivity index (χ4n) is 3.77. The Morgan fingerprint density at radius 3 is 2.08 bits per heavy atom. The topological polar surface area (TPSA) is 15.3 Å². The second-order valence-electron chi connectivity index (χ2n) is 5.05. The lowest BCUT2D eigenvalue weighted by Gasteiger charge is -2.57. The fraction of sp³-hybridized carbons (Fsp3) is 1.00. The molecule has 0 aliphatic carbocycles. The van der Waals surface area contributed by atoms with E-state index in [2.05, 4.69) is 17.1 Å². The molecule has 0 saturated carbocycles. The minimum absolute atomic E-state index is 0.871. The first-order chi connectivity index (χ1) is 6.36. The summed E-state index contributed by atoms with van der Waals surface area (Å²) in [6.07, 6.45) is 7.02. The van der Waals surface area contributed by atoms with E-state index in [-0.39, 0.29) is 0 Å². The highest BCUT2D eigenvalue weighted by Gasteiger charge is 2.45. The molecule has 4 aliphatic heterocycles. The molecule has 4 rings (SSSR count). The van der Waals surface area contributed by atoms with Crippen molar-refractivity contribution in [2.45, 2.75) is 63.2 Å². The lowest BCUT2D eigenvalue weighted by atomic mass is 9.74. The molecule has 4 heterocycles. The maximum absolute atomic E-state index is 3.75. The summed E-state index contributed by atoms with van der Waals surface area (Å²) in [6, 6.07) is 3.61. The van der Waals surface area contributed by atoms with Crippen LogP contribution in [0.5, 0.6) is 0 Å². The largest absolute Gasteiger partial charge is 0.311 e. The van der Waals surface area contributed by atoms with Gasteiger partial charge in [-0.25, -0.2) is 0 Å². The average Bonchev–Trinajstić information content (AvgIpc) is 2.10. The highest BCUT2D eigenvalue weighted by molar-refractivity contribution is 5.04. The van der Waals surface area contributed by atoms with E-state index in [0.29, 0.717) is 0 Å². The van der Waals surface area contributed by atoms with E-state index in [4.69, 9.17) is 0 Å². The van der Waals surface area contributed by atoms with Crippen LogP contribution in [0.2, 0.25) is 0 Å². The summed E-state index contributed by atoms with van der Waals surface area (Å²) in [6.45, 7) is 3.65. The molecule has 0 atom stereocenters. The van der Waals surface area contributed by atoms with Gasteiger partial charge < -0.3 is 5.32 Å². The molecule has 2 heteroatoms. The molecular weight excluding hydrogens is 160 g/mol. The average molecular weight is 180 g/mol. The van der Waals surface area contributed by atoms with Crippen molar-refractivity contribution < 1.29 is 0 Å². The predicted octanol–water partition coefficient (Wildman–Crippen LogP) is 1.36. The minimum atomic E-state index is 0.871. The second-order valence-corrected chi connectivity index (χ2v) is 5.05. The van der Waals surface area contributed by atoms with Gasteiger partial charge in [0.05, 0.1) is 0 Å². The van der Waals surface area contributed by atoms with Crippen LogP contribution < -0.4 is 5.32 Å². The predicted molar refractivity (Wildman–Crippen MR) is 53.8 cm³/mol. The third-order valence-electron chi connectivity index (χ3n) is 4.12. The molecule has 0 unspecified atom stereocenters. The van der Waals surface area contributed by atoms with Crippen molar-refractivity contribution in [2.75, 3.05) is 6.54 Å². The van der Waals surface area contributed by atoms with E-state index >= 15 is 0 Å². The zero-order valence-electron chi connectivity index (χ0n) is 8.50. The van der Waals surface area contributed by atoms with Crippen LogP contribution in [0.15, 0.2) is 0 Å². The first kappa shape index (κ1) is 8.25. The van der Waals surface area contributed by atoms with Crippen LogP contribution in [-0.4, -0.2) is 35.6 Å². The Morgan fingerprint density at radius 2 is 1.62 bits per heavy atom. The van der Waals surface area contributed by atoms with Crippen LogP contribution in [0, 0.1) is 0 Å². The first-order valence-electron chi connectivity index (χ1n) is 5.88. The minimum Gasteiger partial charge on any atom is -0.311 e. The standard InChI is InChI=1S/C11H20N2/c1-2-3-13-10-4-8-5-11(13)7-9(6-10)12-8/h8-12H,2-7H2,1H3. The Kier molecular flexibility index (Phi) is 1.88. The van der Waals surface area contributed by atoms with Gasteiger partial charge in [-0.2, -0.15) is 0 Å². The first-order valence-corrected chi connectivity index (χ1v) is 5.88. The van der Waals surface area contributed by atoms with Crippen molar-refractivity contribution in [3.63, 3.8) is 0 Å². The van der Waals surface area contributed by atoms with Gasteiger partial charge in [-0.3, -0.25) is 4.90 Å². The maximum atomic E-state index is 3.75. The quantitative estimate of drug-likeness (QED) is 0.690. The van der Waals surface area contributed by atoms with E-state index in [1.54, 1.807) is 0 Å². The molecule has 0 aromatic heterocycles. The van der Waals surface area contributed by atoms with Crippen molar-refractivity contribution in [1.82, 2.24) is 10.2 Å². The zero-order chi connectivity index (χ0) is 8.84. The Morgan fingerprint density at radius 1 is 1.08 bits per heavy atom. The summed E-state index contributed by atoms with van der Waals surface area (Å²) in [7, 11) is 0. The summed E-state index contributed by atoms with van der Waals surface area (Å²) in [4.78, 5) is 2.80. The monoisotopic (exact) mass is 180 g/mol. The number of nitrogens with zero attached hydrogens (tertiary/aromatic N) is 1. The highest BCUT2D eigenvalue weighted by Crippen LogP contribution is 2.38. The van der Waals surface area contributed by atoms with Crippen LogP contribution in [0.1, 0.15) is 39.0 Å². The van der Waals surface area contributed by atoms with Gasteiger partial charge in [0.15, 0.2) is 0 Å². The molecule has 74 valence electrons. The van der Waals surface area contributed by atoms with Crippen LogP contribution in [0.25, 0.3) is 0 Å². The molecule has 0 amide bonds. The number of nitrogens with one attached hydrogen (secondary N) is 1. The van der Waals surface area contributed by atoms with Crippen molar-refractivity contribution in [2.24, 2.45) is 0 Å². The van der Waals surface area contributed by atoms with Gasteiger partial charge in [0.25, 0.3) is 0 Å². The van der Waals surface area contributed by atoms with E-state index in [9.17, 15) is 0 Å². The molecule has 4 bridgehead atoms. The zero-order valence-corrected chi connectivity index (χ0v) is 8.50. The molecule has 0 spiro atoms. The molecule has 0 aromatic rings. The van der Waals surface area contributed by atoms with Gasteiger partial charge in [-0.15, -0.1) is 0 Å². The van der Waals surface area contributed by atoms with E-state index < -0.39 is 0 Å². The molecule has 4 fully saturated rings. The van der Waals surface area contributed by atoms with Crippen LogP contribution in [-0.2, 0) is 0 Å². The number of rotatable bonds is 2. The lowest BCUT2D eigenvalue weighted by Crippen LogP contribution is -2.67. The molecule has 1 N–H and O–H groups in total. The molecule has 4 saturated heterocycles. The SMILES string of the molecule is CCCN1C2CC3CC1CC(C2)N3. The Bertz CT molecular complexity index is 174. The van der Waals surface area contributed by atoms with Gasteiger partial charge in [-0.1, -0.05) is 6.92 Å². The molecular formula is C11H20N2. The van der Waals surface area contributed by atoms with E-state index in [1.807, 2.05) is 0 Å². The summed E-state index contributed by atoms with van der Waals surface area (Å²) < 4.78 is 0. The highest BCUT2D eigenvalue weighted by atomic mass is 15.3. The van der Waals surface area contributed by atoms with Crippen molar-refractivity contribution in [3.8, 4) is 0 Å². The molecule has 0 aromatic carbocycles. The van der Waals surface area contributed by atoms with Gasteiger partial charge in [0.1, 0.15) is 0 Å². The molecule has 13 heavy (non-hydrogen) atoms. The van der Waals surface area contributed by atoms with Crippen LogP contribution in [0.4, 0.5) is 0 Å². The number of hydrogen-bond donors (Lipinski definition) is 1. The molecule has 0 radical (unpaired) electrons. The van der Waals surface area contributed by atoms with Gasteiger partial charge >= 0.3 is 0 Å². The third-order valence-corrected chi connectivity index (χ3v) is 4.12.